The molecular weight excluding hydrogens is 277 g/mol. The maximum absolute atomic E-state index is 13.8. The lowest BCUT2D eigenvalue weighted by molar-refractivity contribution is -0.914. The number of hydrogen-bond acceptors (Lipinski definition) is 2. The number of nitrogens with zero attached hydrogens (tertiary/aromatic N) is 2. The van der Waals surface area contributed by atoms with Gasteiger partial charge in [0.25, 0.3) is 0 Å². The number of quaternary nitrogens is 1. The van der Waals surface area contributed by atoms with Gasteiger partial charge in [-0.1, -0.05) is 24.3 Å². The van der Waals surface area contributed by atoms with Crippen molar-refractivity contribution in [2.45, 2.75) is 6.54 Å². The van der Waals surface area contributed by atoms with Crippen LogP contribution in [0.2, 0.25) is 0 Å². The van der Waals surface area contributed by atoms with Gasteiger partial charge in [0.15, 0.2) is 0 Å². The fourth-order valence-electron chi connectivity index (χ4n) is 2.93. The third-order valence-corrected chi connectivity index (χ3v) is 4.20. The van der Waals surface area contributed by atoms with Crippen molar-refractivity contribution >= 4 is 5.69 Å². The molecule has 1 aliphatic heterocycles. The first-order chi connectivity index (χ1) is 10.8. The Labute approximate surface area is 130 Å². The molecule has 4 heteroatoms. The fraction of sp³-hybridized carbons (Fsp3) is 0.278. The Morgan fingerprint density at radius 2 is 1.73 bits per heavy atom. The highest BCUT2D eigenvalue weighted by molar-refractivity contribution is 5.47. The quantitative estimate of drug-likeness (QED) is 0.933. The molecule has 0 bridgehead atoms. The number of piperazine rings is 1. The number of nitriles is 1. The Hall–Kier alpha value is -2.38. The number of anilines is 1. The van der Waals surface area contributed by atoms with Crippen LogP contribution in [0.4, 0.5) is 10.1 Å². The van der Waals surface area contributed by atoms with Crippen LogP contribution in [0.1, 0.15) is 11.1 Å². The molecule has 0 atom stereocenters. The van der Waals surface area contributed by atoms with E-state index >= 15 is 0 Å². The molecule has 1 saturated heterocycles. The van der Waals surface area contributed by atoms with E-state index < -0.39 is 0 Å². The van der Waals surface area contributed by atoms with Crippen LogP contribution in [0.25, 0.3) is 0 Å². The van der Waals surface area contributed by atoms with Crippen molar-refractivity contribution in [2.75, 3.05) is 31.1 Å². The molecule has 0 spiro atoms. The molecule has 0 radical (unpaired) electrons. The smallest absolute Gasteiger partial charge is 0.146 e. The average Bonchev–Trinajstić information content (AvgIpc) is 2.57. The molecule has 2 aromatic rings. The van der Waals surface area contributed by atoms with E-state index in [0.29, 0.717) is 11.3 Å². The normalized spacial score (nSPS) is 15.5. The van der Waals surface area contributed by atoms with Crippen LogP contribution in [-0.4, -0.2) is 26.2 Å². The van der Waals surface area contributed by atoms with Gasteiger partial charge in [-0.05, 0) is 24.3 Å². The standard InChI is InChI=1S/C18H18FN3/c19-17-3-1-2-4-18(17)22-11-9-21(10-12-22)14-16-7-5-15(13-20)6-8-16/h1-8H,9-12,14H2/p+1. The lowest BCUT2D eigenvalue weighted by Crippen LogP contribution is -3.13. The summed E-state index contributed by atoms with van der Waals surface area (Å²) in [7, 11) is 0. The topological polar surface area (TPSA) is 31.5 Å². The van der Waals surface area contributed by atoms with E-state index in [-0.39, 0.29) is 5.82 Å². The zero-order valence-corrected chi connectivity index (χ0v) is 12.4. The molecule has 1 aliphatic rings. The number of benzene rings is 2. The van der Waals surface area contributed by atoms with Crippen molar-refractivity contribution in [3.05, 3.63) is 65.5 Å². The maximum Gasteiger partial charge on any atom is 0.146 e. The summed E-state index contributed by atoms with van der Waals surface area (Å²) in [6.45, 7) is 4.68. The molecule has 1 heterocycles. The second-order valence-corrected chi connectivity index (χ2v) is 5.67. The summed E-state index contributed by atoms with van der Waals surface area (Å²) in [6.07, 6.45) is 0. The van der Waals surface area contributed by atoms with Crippen LogP contribution < -0.4 is 9.80 Å². The largest absolute Gasteiger partial charge is 0.358 e. The number of halogens is 1. The summed E-state index contributed by atoms with van der Waals surface area (Å²) >= 11 is 0. The van der Waals surface area contributed by atoms with Crippen LogP contribution in [0.15, 0.2) is 48.5 Å². The molecule has 112 valence electrons. The van der Waals surface area contributed by atoms with Gasteiger partial charge in [0.1, 0.15) is 12.4 Å². The highest BCUT2D eigenvalue weighted by Crippen LogP contribution is 2.18. The minimum absolute atomic E-state index is 0.141. The third-order valence-electron chi connectivity index (χ3n) is 4.20. The number of hydrogen-bond donors (Lipinski definition) is 1. The highest BCUT2D eigenvalue weighted by atomic mass is 19.1. The summed E-state index contributed by atoms with van der Waals surface area (Å²) < 4.78 is 13.8. The van der Waals surface area contributed by atoms with Crippen molar-refractivity contribution in [3.8, 4) is 6.07 Å². The molecule has 2 aromatic carbocycles. The summed E-state index contributed by atoms with van der Waals surface area (Å²) in [5, 5.41) is 8.82. The zero-order chi connectivity index (χ0) is 15.4. The van der Waals surface area contributed by atoms with E-state index in [9.17, 15) is 4.39 Å². The lowest BCUT2D eigenvalue weighted by Gasteiger charge is -2.33. The predicted molar refractivity (Wildman–Crippen MR) is 84.2 cm³/mol. The first-order valence-electron chi connectivity index (χ1n) is 7.58. The van der Waals surface area contributed by atoms with E-state index in [1.165, 1.54) is 16.5 Å². The van der Waals surface area contributed by atoms with E-state index in [4.69, 9.17) is 5.26 Å². The van der Waals surface area contributed by atoms with Crippen LogP contribution in [0.3, 0.4) is 0 Å². The minimum atomic E-state index is -0.141. The SMILES string of the molecule is N#Cc1ccc(C[NH+]2CCN(c3ccccc3F)CC2)cc1. The molecule has 3 nitrogen and oxygen atoms in total. The first kappa shape index (κ1) is 14.6. The van der Waals surface area contributed by atoms with Gasteiger partial charge in [0, 0.05) is 5.56 Å². The molecule has 0 aromatic heterocycles. The van der Waals surface area contributed by atoms with Crippen molar-refractivity contribution in [3.63, 3.8) is 0 Å². The van der Waals surface area contributed by atoms with E-state index in [0.717, 1.165) is 32.7 Å². The van der Waals surface area contributed by atoms with Crippen molar-refractivity contribution in [1.82, 2.24) is 0 Å². The fourth-order valence-corrected chi connectivity index (χ4v) is 2.93. The van der Waals surface area contributed by atoms with Crippen LogP contribution in [0.5, 0.6) is 0 Å². The molecule has 0 saturated carbocycles. The molecular formula is C18H19FN3+. The number of nitrogens with one attached hydrogen (secondary N) is 1. The number of rotatable bonds is 3. The number of para-hydroxylation sites is 1. The highest BCUT2D eigenvalue weighted by Gasteiger charge is 2.21. The van der Waals surface area contributed by atoms with Crippen molar-refractivity contribution in [2.24, 2.45) is 0 Å². The molecule has 1 fully saturated rings. The van der Waals surface area contributed by atoms with Crippen molar-refractivity contribution in [1.29, 1.82) is 5.26 Å². The van der Waals surface area contributed by atoms with Gasteiger partial charge in [0.2, 0.25) is 0 Å². The Morgan fingerprint density at radius 3 is 2.36 bits per heavy atom. The van der Waals surface area contributed by atoms with E-state index in [2.05, 4.69) is 11.0 Å². The maximum atomic E-state index is 13.8. The Kier molecular flexibility index (Phi) is 4.36. The molecule has 0 aliphatic carbocycles. The van der Waals surface area contributed by atoms with Gasteiger partial charge in [-0.15, -0.1) is 0 Å². The first-order valence-corrected chi connectivity index (χ1v) is 7.58. The summed E-state index contributed by atoms with van der Waals surface area (Å²) in [4.78, 5) is 3.62. The third kappa shape index (κ3) is 3.26. The monoisotopic (exact) mass is 296 g/mol. The summed E-state index contributed by atoms with van der Waals surface area (Å²) in [5.41, 5.74) is 2.65. The van der Waals surface area contributed by atoms with Crippen LogP contribution in [-0.2, 0) is 6.54 Å². The van der Waals surface area contributed by atoms with Gasteiger partial charge in [-0.3, -0.25) is 0 Å². The second kappa shape index (κ2) is 6.59. The van der Waals surface area contributed by atoms with E-state index in [1.807, 2.05) is 36.4 Å². The lowest BCUT2D eigenvalue weighted by atomic mass is 10.1. The van der Waals surface area contributed by atoms with Gasteiger partial charge in [0.05, 0.1) is 43.5 Å². The average molecular weight is 296 g/mol. The molecule has 0 amide bonds. The van der Waals surface area contributed by atoms with Crippen molar-refractivity contribution < 1.29 is 9.29 Å². The van der Waals surface area contributed by atoms with Gasteiger partial charge in [-0.25, -0.2) is 4.39 Å². The molecule has 1 N–H and O–H groups in total. The second-order valence-electron chi connectivity index (χ2n) is 5.67. The molecule has 22 heavy (non-hydrogen) atoms. The molecule has 0 unspecified atom stereocenters. The van der Waals surface area contributed by atoms with E-state index in [1.54, 1.807) is 6.07 Å². The summed E-state index contributed by atoms with van der Waals surface area (Å²) in [6, 6.07) is 16.9. The predicted octanol–water partition coefficient (Wildman–Crippen LogP) is 1.60. The Balaban J connectivity index is 1.57. The Morgan fingerprint density at radius 1 is 1.05 bits per heavy atom. The van der Waals surface area contributed by atoms with Gasteiger partial charge >= 0.3 is 0 Å². The minimum Gasteiger partial charge on any atom is -0.358 e. The van der Waals surface area contributed by atoms with Gasteiger partial charge < -0.3 is 9.80 Å². The van der Waals surface area contributed by atoms with Crippen LogP contribution in [0, 0.1) is 17.1 Å². The molecule has 3 rings (SSSR count). The Bertz CT molecular complexity index is 667. The zero-order valence-electron chi connectivity index (χ0n) is 12.4. The summed E-state index contributed by atoms with van der Waals surface area (Å²) in [5.74, 6) is -0.141. The van der Waals surface area contributed by atoms with Gasteiger partial charge in [-0.2, -0.15) is 5.26 Å². The van der Waals surface area contributed by atoms with Crippen LogP contribution >= 0.6 is 0 Å².